The third-order valence-electron chi connectivity index (χ3n) is 3.77. The summed E-state index contributed by atoms with van der Waals surface area (Å²) >= 11 is 0. The Kier molecular flexibility index (Phi) is 6.19. The molecule has 28 heavy (non-hydrogen) atoms. The molecule has 2 aromatic rings. The molecule has 7 nitrogen and oxygen atoms in total. The summed E-state index contributed by atoms with van der Waals surface area (Å²) in [7, 11) is 0. The van der Waals surface area contributed by atoms with Crippen LogP contribution in [0.25, 0.3) is 0 Å². The van der Waals surface area contributed by atoms with E-state index in [4.69, 9.17) is 15.2 Å². The Morgan fingerprint density at radius 1 is 1.29 bits per heavy atom. The number of nitrogens with one attached hydrogen (secondary N) is 1. The smallest absolute Gasteiger partial charge is 0.472 e. The van der Waals surface area contributed by atoms with E-state index >= 15 is 0 Å². The van der Waals surface area contributed by atoms with Gasteiger partial charge in [-0.15, -0.1) is 13.2 Å². The number of anilines is 1. The van der Waals surface area contributed by atoms with Crippen molar-refractivity contribution in [2.75, 3.05) is 18.5 Å². The maximum Gasteiger partial charge on any atom is 0.573 e. The molecule has 1 aliphatic heterocycles. The highest BCUT2D eigenvalue weighted by atomic mass is 19.4. The largest absolute Gasteiger partial charge is 0.573 e. The number of alkyl halides is 3. The Labute approximate surface area is 159 Å². The van der Waals surface area contributed by atoms with E-state index in [9.17, 15) is 13.2 Å². The molecule has 1 saturated heterocycles. The number of pyridine rings is 1. The SMILES string of the molecule is NC(=NCc1ccnc(OC2CCOC2)c1)Nc1ccc(OC(F)(F)F)cc1. The van der Waals surface area contributed by atoms with Crippen LogP contribution in [0.2, 0.25) is 0 Å². The van der Waals surface area contributed by atoms with Crippen LogP contribution >= 0.6 is 0 Å². The van der Waals surface area contributed by atoms with Gasteiger partial charge in [0.2, 0.25) is 5.88 Å². The average molecular weight is 396 g/mol. The number of aromatic nitrogens is 1. The summed E-state index contributed by atoms with van der Waals surface area (Å²) in [6.07, 6.45) is -2.28. The maximum atomic E-state index is 12.2. The van der Waals surface area contributed by atoms with Gasteiger partial charge in [-0.1, -0.05) is 0 Å². The molecule has 0 saturated carbocycles. The van der Waals surface area contributed by atoms with Crippen LogP contribution in [0, 0.1) is 0 Å². The average Bonchev–Trinajstić information content (AvgIpc) is 3.14. The molecular formula is C18H19F3N4O3. The number of ether oxygens (including phenoxy) is 3. The van der Waals surface area contributed by atoms with Crippen LogP contribution < -0.4 is 20.5 Å². The van der Waals surface area contributed by atoms with Gasteiger partial charge in [0.25, 0.3) is 0 Å². The first-order valence-electron chi connectivity index (χ1n) is 8.49. The molecule has 0 amide bonds. The molecule has 3 N–H and O–H groups in total. The fourth-order valence-electron chi connectivity index (χ4n) is 2.49. The van der Waals surface area contributed by atoms with Gasteiger partial charge in [0.05, 0.1) is 19.8 Å². The molecule has 150 valence electrons. The molecule has 0 aliphatic carbocycles. The lowest BCUT2D eigenvalue weighted by Gasteiger charge is -2.11. The van der Waals surface area contributed by atoms with Gasteiger partial charge in [0.1, 0.15) is 11.9 Å². The molecule has 3 rings (SSSR count). The van der Waals surface area contributed by atoms with Crippen molar-refractivity contribution in [1.82, 2.24) is 4.98 Å². The summed E-state index contributed by atoms with van der Waals surface area (Å²) in [5, 5.41) is 2.80. The Morgan fingerprint density at radius 2 is 2.07 bits per heavy atom. The Hall–Kier alpha value is -3.01. The van der Waals surface area contributed by atoms with Crippen molar-refractivity contribution >= 4 is 11.6 Å². The number of nitrogens with two attached hydrogens (primary N) is 1. The quantitative estimate of drug-likeness (QED) is 0.576. The summed E-state index contributed by atoms with van der Waals surface area (Å²) in [4.78, 5) is 8.37. The number of aliphatic imine (C=N–C) groups is 1. The molecule has 2 heterocycles. The fraction of sp³-hybridized carbons (Fsp3) is 0.333. The zero-order valence-corrected chi connectivity index (χ0v) is 14.8. The van der Waals surface area contributed by atoms with E-state index in [0.29, 0.717) is 24.8 Å². The molecule has 1 aromatic carbocycles. The summed E-state index contributed by atoms with van der Waals surface area (Å²) < 4.78 is 51.3. The van der Waals surface area contributed by atoms with Crippen LogP contribution in [-0.2, 0) is 11.3 Å². The molecule has 1 aliphatic rings. The third kappa shape index (κ3) is 6.31. The highest BCUT2D eigenvalue weighted by molar-refractivity contribution is 5.92. The van der Waals surface area contributed by atoms with Gasteiger partial charge in [-0.3, -0.25) is 0 Å². The second-order valence-electron chi connectivity index (χ2n) is 6.00. The van der Waals surface area contributed by atoms with E-state index in [1.807, 2.05) is 0 Å². The number of halogens is 3. The molecule has 0 spiro atoms. The molecule has 1 aromatic heterocycles. The van der Waals surface area contributed by atoms with E-state index in [2.05, 4.69) is 20.0 Å². The number of hydrogen-bond acceptors (Lipinski definition) is 5. The Morgan fingerprint density at radius 3 is 2.75 bits per heavy atom. The highest BCUT2D eigenvalue weighted by Crippen LogP contribution is 2.24. The predicted octanol–water partition coefficient (Wildman–Crippen LogP) is 3.07. The highest BCUT2D eigenvalue weighted by Gasteiger charge is 2.30. The monoisotopic (exact) mass is 396 g/mol. The lowest BCUT2D eigenvalue weighted by atomic mass is 10.2. The van der Waals surface area contributed by atoms with E-state index in [-0.39, 0.29) is 24.4 Å². The van der Waals surface area contributed by atoms with Crippen LogP contribution in [0.1, 0.15) is 12.0 Å². The molecular weight excluding hydrogens is 377 g/mol. The van der Waals surface area contributed by atoms with E-state index in [1.54, 1.807) is 18.3 Å². The van der Waals surface area contributed by atoms with Crippen LogP contribution in [0.4, 0.5) is 18.9 Å². The topological polar surface area (TPSA) is 91.0 Å². The first-order chi connectivity index (χ1) is 13.4. The fourth-order valence-corrected chi connectivity index (χ4v) is 2.49. The van der Waals surface area contributed by atoms with Gasteiger partial charge in [-0.2, -0.15) is 0 Å². The van der Waals surface area contributed by atoms with Crippen LogP contribution in [0.3, 0.4) is 0 Å². The first-order valence-corrected chi connectivity index (χ1v) is 8.49. The van der Waals surface area contributed by atoms with Gasteiger partial charge in [0, 0.05) is 24.4 Å². The Balaban J connectivity index is 1.54. The summed E-state index contributed by atoms with van der Waals surface area (Å²) in [5.41, 5.74) is 7.16. The third-order valence-corrected chi connectivity index (χ3v) is 3.77. The van der Waals surface area contributed by atoms with Gasteiger partial charge in [-0.25, -0.2) is 9.98 Å². The summed E-state index contributed by atoms with van der Waals surface area (Å²) in [6, 6.07) is 8.75. The normalized spacial score (nSPS) is 17.4. The molecule has 1 unspecified atom stereocenters. The molecule has 10 heteroatoms. The Bertz CT molecular complexity index is 806. The summed E-state index contributed by atoms with van der Waals surface area (Å²) in [5.74, 6) is 0.300. The maximum absolute atomic E-state index is 12.2. The lowest BCUT2D eigenvalue weighted by Crippen LogP contribution is -2.22. The van der Waals surface area contributed by atoms with Gasteiger partial charge >= 0.3 is 6.36 Å². The van der Waals surface area contributed by atoms with Crippen molar-refractivity contribution in [3.63, 3.8) is 0 Å². The number of rotatable bonds is 6. The summed E-state index contributed by atoms with van der Waals surface area (Å²) in [6.45, 7) is 1.52. The minimum Gasteiger partial charge on any atom is -0.472 e. The molecule has 0 bridgehead atoms. The standard InChI is InChI=1S/C18H19F3N4O3/c19-18(20,21)28-14-3-1-13(2-4-14)25-17(22)24-10-12-5-7-23-16(9-12)27-15-6-8-26-11-15/h1-5,7,9,15H,6,8,10-11H2,(H3,22,24,25). The van der Waals surface area contributed by atoms with Crippen molar-refractivity contribution in [3.8, 4) is 11.6 Å². The molecule has 1 atom stereocenters. The van der Waals surface area contributed by atoms with Crippen molar-refractivity contribution in [1.29, 1.82) is 0 Å². The van der Waals surface area contributed by atoms with E-state index in [0.717, 1.165) is 12.0 Å². The minimum absolute atomic E-state index is 0.00212. The zero-order chi connectivity index (χ0) is 20.0. The van der Waals surface area contributed by atoms with Crippen molar-refractivity contribution in [3.05, 3.63) is 48.2 Å². The first kappa shape index (κ1) is 19.7. The van der Waals surface area contributed by atoms with Crippen LogP contribution in [0.5, 0.6) is 11.6 Å². The number of guanidine groups is 1. The van der Waals surface area contributed by atoms with Crippen molar-refractivity contribution in [2.24, 2.45) is 10.7 Å². The van der Waals surface area contributed by atoms with Crippen molar-refractivity contribution < 1.29 is 27.4 Å². The molecule has 0 radical (unpaired) electrons. The minimum atomic E-state index is -4.73. The van der Waals surface area contributed by atoms with E-state index < -0.39 is 6.36 Å². The number of nitrogens with zero attached hydrogens (tertiary/aromatic N) is 2. The molecule has 1 fully saturated rings. The zero-order valence-electron chi connectivity index (χ0n) is 14.8. The lowest BCUT2D eigenvalue weighted by molar-refractivity contribution is -0.274. The van der Waals surface area contributed by atoms with Gasteiger partial charge < -0.3 is 25.3 Å². The van der Waals surface area contributed by atoms with Gasteiger partial charge in [-0.05, 0) is 35.9 Å². The van der Waals surface area contributed by atoms with Crippen LogP contribution in [-0.4, -0.2) is 36.6 Å². The van der Waals surface area contributed by atoms with E-state index in [1.165, 1.54) is 24.3 Å². The van der Waals surface area contributed by atoms with Crippen molar-refractivity contribution in [2.45, 2.75) is 25.4 Å². The predicted molar refractivity (Wildman–Crippen MR) is 96.2 cm³/mol. The van der Waals surface area contributed by atoms with Crippen LogP contribution in [0.15, 0.2) is 47.6 Å². The number of hydrogen-bond donors (Lipinski definition) is 2. The number of benzene rings is 1. The second-order valence-corrected chi connectivity index (χ2v) is 6.00. The second kappa shape index (κ2) is 8.79. The van der Waals surface area contributed by atoms with Gasteiger partial charge in [0.15, 0.2) is 5.96 Å².